The van der Waals surface area contributed by atoms with Crippen LogP contribution in [0, 0.1) is 5.21 Å². The molecule has 0 aliphatic carbocycles. The van der Waals surface area contributed by atoms with Gasteiger partial charge in [-0.3, -0.25) is 0 Å². The van der Waals surface area contributed by atoms with Crippen molar-refractivity contribution in [3.05, 3.63) is 5.21 Å². The van der Waals surface area contributed by atoms with E-state index in [-0.39, 0.29) is 28.8 Å². The number of quaternary nitrogens is 1. The Morgan fingerprint density at radius 3 is 2.67 bits per heavy atom. The Balaban J connectivity index is 3.15. The van der Waals surface area contributed by atoms with Crippen molar-refractivity contribution < 1.29 is 29.6 Å². The van der Waals surface area contributed by atoms with Crippen molar-refractivity contribution in [2.45, 2.75) is 11.0 Å². The molecule has 5 heteroatoms. The van der Waals surface area contributed by atoms with E-state index < -0.39 is 0 Å². The summed E-state index contributed by atoms with van der Waals surface area (Å²) in [7, 11) is 3.17. The molecule has 2 N–H and O–H groups in total. The molecule has 0 radical (unpaired) electrons. The summed E-state index contributed by atoms with van der Waals surface area (Å²) in [5.41, 5.74) is 2.70. The van der Waals surface area contributed by atoms with Crippen LogP contribution in [-0.2, 0) is 4.84 Å². The SMILES string of the molecule is CONC(C)[I-][NH+](C)[O-]. The number of nitrogens with one attached hydrogen (secondary N) is 2. The van der Waals surface area contributed by atoms with E-state index in [9.17, 15) is 5.21 Å². The second kappa shape index (κ2) is 5.36. The van der Waals surface area contributed by atoms with E-state index in [0.717, 1.165) is 0 Å². The fourth-order valence-corrected chi connectivity index (χ4v) is 2.11. The number of rotatable bonds is 4. The zero-order valence-corrected chi connectivity index (χ0v) is 7.93. The van der Waals surface area contributed by atoms with Gasteiger partial charge in [-0.25, -0.2) is 0 Å². The maximum absolute atomic E-state index is 10.5. The first-order valence-electron chi connectivity index (χ1n) is 2.59. The summed E-state index contributed by atoms with van der Waals surface area (Å²) in [4.78, 5) is 4.63. The van der Waals surface area contributed by atoms with Gasteiger partial charge in [-0.1, -0.05) is 0 Å². The van der Waals surface area contributed by atoms with Gasteiger partial charge in [0.25, 0.3) is 0 Å². The Morgan fingerprint density at radius 2 is 2.33 bits per heavy atom. The number of hydrogen-bond acceptors (Lipinski definition) is 3. The van der Waals surface area contributed by atoms with Gasteiger partial charge in [0.2, 0.25) is 0 Å². The van der Waals surface area contributed by atoms with E-state index in [0.29, 0.717) is 0 Å². The molecule has 0 fully saturated rings. The molecule has 2 atom stereocenters. The minimum atomic E-state index is -0.379. The third-order valence-electron chi connectivity index (χ3n) is 0.598. The monoisotopic (exact) mass is 247 g/mol. The molecule has 0 aromatic carbocycles. The zero-order valence-electron chi connectivity index (χ0n) is 5.77. The molecule has 0 bridgehead atoms. The third-order valence-corrected chi connectivity index (χ3v) is 2.66. The van der Waals surface area contributed by atoms with Gasteiger partial charge >= 0.3 is 65.4 Å². The van der Waals surface area contributed by atoms with Gasteiger partial charge in [0.1, 0.15) is 0 Å². The Labute approximate surface area is 65.7 Å². The van der Waals surface area contributed by atoms with Gasteiger partial charge in [0.05, 0.1) is 0 Å². The zero-order chi connectivity index (χ0) is 7.28. The summed E-state index contributed by atoms with van der Waals surface area (Å²) in [6.07, 6.45) is 0. The van der Waals surface area contributed by atoms with Crippen molar-refractivity contribution in [1.29, 1.82) is 0 Å². The van der Waals surface area contributed by atoms with Gasteiger partial charge in [-0.2, -0.15) is 0 Å². The molecule has 0 saturated carbocycles. The summed E-state index contributed by atoms with van der Waals surface area (Å²) in [5.74, 6) is 0. The predicted molar refractivity (Wildman–Crippen MR) is 29.9 cm³/mol. The van der Waals surface area contributed by atoms with Crippen molar-refractivity contribution >= 4 is 0 Å². The van der Waals surface area contributed by atoms with Crippen molar-refractivity contribution in [1.82, 2.24) is 5.48 Å². The Morgan fingerprint density at radius 1 is 1.78 bits per heavy atom. The Bertz CT molecular complexity index is 71.6. The van der Waals surface area contributed by atoms with Crippen LogP contribution < -0.4 is 30.2 Å². The van der Waals surface area contributed by atoms with Crippen molar-refractivity contribution in [3.63, 3.8) is 0 Å². The number of hydrogen-bond donors (Lipinski definition) is 2. The standard InChI is InChI=1S/C4H12IN2O2/c1-4(6-9-3)5-7(2)8/h4,6-7H,1-3H3/q-1. The summed E-state index contributed by atoms with van der Waals surface area (Å²) in [6.45, 7) is 1.94. The van der Waals surface area contributed by atoms with Crippen molar-refractivity contribution in [2.24, 2.45) is 0 Å². The molecule has 0 heterocycles. The Kier molecular flexibility index (Phi) is 5.70. The molecule has 2 unspecified atom stereocenters. The molecule has 0 rings (SSSR count). The fraction of sp³-hybridized carbons (Fsp3) is 1.00. The molecule has 0 aliphatic rings. The van der Waals surface area contributed by atoms with Crippen molar-refractivity contribution in [2.75, 3.05) is 14.2 Å². The van der Waals surface area contributed by atoms with Crippen LogP contribution in [-0.4, -0.2) is 18.2 Å². The van der Waals surface area contributed by atoms with Crippen LogP contribution in [0.3, 0.4) is 0 Å². The molecule has 0 aromatic rings. The van der Waals surface area contributed by atoms with Crippen LogP contribution >= 0.6 is 0 Å². The first-order chi connectivity index (χ1) is 4.16. The second-order valence-electron chi connectivity index (χ2n) is 1.52. The van der Waals surface area contributed by atoms with Crippen LogP contribution in [0.2, 0.25) is 0 Å². The normalized spacial score (nSPS) is 17.8. The van der Waals surface area contributed by atoms with Crippen LogP contribution in [0.25, 0.3) is 0 Å². The van der Waals surface area contributed by atoms with E-state index in [1.165, 1.54) is 0 Å². The van der Waals surface area contributed by atoms with E-state index in [1.807, 2.05) is 6.92 Å². The number of halogens is 1. The van der Waals surface area contributed by atoms with Gasteiger partial charge in [0, 0.05) is 0 Å². The molecule has 0 spiro atoms. The quantitative estimate of drug-likeness (QED) is 0.173. The molecule has 4 nitrogen and oxygen atoms in total. The summed E-state index contributed by atoms with van der Waals surface area (Å²) in [5, 5.41) is 10.5. The average molecular weight is 247 g/mol. The minimum absolute atomic E-state index is 0.228. The van der Waals surface area contributed by atoms with E-state index in [4.69, 9.17) is 0 Å². The van der Waals surface area contributed by atoms with Gasteiger partial charge in [-0.15, -0.1) is 0 Å². The van der Waals surface area contributed by atoms with Crippen LogP contribution in [0.4, 0.5) is 0 Å². The van der Waals surface area contributed by atoms with E-state index >= 15 is 0 Å². The molecular weight excluding hydrogens is 235 g/mol. The topological polar surface area (TPSA) is 48.8 Å². The Hall–Kier alpha value is 0.570. The van der Waals surface area contributed by atoms with Crippen LogP contribution in [0.1, 0.15) is 6.92 Å². The third kappa shape index (κ3) is 6.46. The van der Waals surface area contributed by atoms with E-state index in [1.54, 1.807) is 14.2 Å². The fourth-order valence-electron chi connectivity index (χ4n) is 0.415. The number of hydroxylamine groups is 2. The molecule has 0 aliphatic heterocycles. The molecule has 0 saturated heterocycles. The van der Waals surface area contributed by atoms with Gasteiger partial charge in [0.15, 0.2) is 0 Å². The van der Waals surface area contributed by atoms with Crippen LogP contribution in [0.5, 0.6) is 0 Å². The second-order valence-corrected chi connectivity index (χ2v) is 5.53. The predicted octanol–water partition coefficient (Wildman–Crippen LogP) is -4.50. The maximum atomic E-state index is 10.5. The van der Waals surface area contributed by atoms with Gasteiger partial charge < -0.3 is 0 Å². The molecule has 0 aromatic heterocycles. The van der Waals surface area contributed by atoms with E-state index in [2.05, 4.69) is 10.3 Å². The van der Waals surface area contributed by atoms with Gasteiger partial charge in [-0.05, 0) is 0 Å². The summed E-state index contributed by atoms with van der Waals surface area (Å²) >= 11 is -0.379. The first-order valence-corrected chi connectivity index (χ1v) is 4.91. The average Bonchev–Trinajstić information content (AvgIpc) is 1.63. The molecule has 0 amide bonds. The first kappa shape index (κ1) is 9.57. The number of alkyl halides is 1. The van der Waals surface area contributed by atoms with Crippen molar-refractivity contribution in [3.8, 4) is 0 Å². The molecule has 9 heavy (non-hydrogen) atoms. The molecule has 58 valence electrons. The van der Waals surface area contributed by atoms with Crippen LogP contribution in [0.15, 0.2) is 0 Å². The summed E-state index contributed by atoms with van der Waals surface area (Å²) < 4.78 is 0.511. The molecular formula is C4H12IN2O2-. The summed E-state index contributed by atoms with van der Waals surface area (Å²) in [6, 6.07) is 0.